The molecule has 0 bridgehead atoms. The molecule has 0 aromatic rings. The number of rotatable bonds is 1. The molecule has 2 aliphatic rings. The van der Waals surface area contributed by atoms with E-state index in [1.54, 1.807) is 6.08 Å². The second-order valence-corrected chi connectivity index (χ2v) is 3.73. The minimum absolute atomic E-state index is 0.0162. The van der Waals surface area contributed by atoms with Crippen molar-refractivity contribution in [3.8, 4) is 0 Å². The molecule has 0 aromatic heterocycles. The summed E-state index contributed by atoms with van der Waals surface area (Å²) in [6.45, 7) is 1.36. The van der Waals surface area contributed by atoms with Crippen molar-refractivity contribution < 1.29 is 24.5 Å². The largest absolute Gasteiger partial charge is 0.426 e. The van der Waals surface area contributed by atoms with Gasteiger partial charge in [-0.2, -0.15) is 0 Å². The van der Waals surface area contributed by atoms with Crippen LogP contribution >= 0.6 is 0 Å². The number of cyclic esters (lactones) is 1. The zero-order chi connectivity index (χ0) is 11.3. The number of hydrogen-bond acceptors (Lipinski definition) is 5. The van der Waals surface area contributed by atoms with E-state index in [2.05, 4.69) is 0 Å². The van der Waals surface area contributed by atoms with E-state index in [9.17, 15) is 15.0 Å². The first kappa shape index (κ1) is 10.4. The van der Waals surface area contributed by atoms with Gasteiger partial charge in [0.1, 0.15) is 5.57 Å². The normalized spacial score (nSPS) is 39.3. The lowest BCUT2D eigenvalue weighted by molar-refractivity contribution is -0.178. The molecule has 0 amide bonds. The molecule has 2 N–H and O–H groups in total. The Morgan fingerprint density at radius 3 is 2.80 bits per heavy atom. The first-order valence-corrected chi connectivity index (χ1v) is 4.56. The molecule has 0 saturated heterocycles. The van der Waals surface area contributed by atoms with Crippen molar-refractivity contribution in [1.82, 2.24) is 0 Å². The second kappa shape index (κ2) is 2.91. The first-order chi connectivity index (χ1) is 6.91. The van der Waals surface area contributed by atoms with Gasteiger partial charge in [0, 0.05) is 19.6 Å². The fraction of sp³-hybridized carbons (Fsp3) is 0.500. The van der Waals surface area contributed by atoms with Crippen LogP contribution in [0.2, 0.25) is 0 Å². The molecule has 82 valence electrons. The van der Waals surface area contributed by atoms with Gasteiger partial charge in [-0.15, -0.1) is 0 Å². The predicted molar refractivity (Wildman–Crippen MR) is 49.5 cm³/mol. The molecule has 2 atom stereocenters. The summed E-state index contributed by atoms with van der Waals surface area (Å²) in [7, 11) is 1.28. The molecule has 1 heterocycles. The van der Waals surface area contributed by atoms with Gasteiger partial charge in [0.15, 0.2) is 0 Å². The summed E-state index contributed by atoms with van der Waals surface area (Å²) < 4.78 is 9.61. The summed E-state index contributed by atoms with van der Waals surface area (Å²) in [5.41, 5.74) is 0.330. The molecule has 0 saturated carbocycles. The fourth-order valence-corrected chi connectivity index (χ4v) is 1.89. The van der Waals surface area contributed by atoms with Gasteiger partial charge >= 0.3 is 5.97 Å². The van der Waals surface area contributed by atoms with Crippen molar-refractivity contribution in [3.05, 3.63) is 23.3 Å². The highest BCUT2D eigenvalue weighted by atomic mass is 16.7. The van der Waals surface area contributed by atoms with E-state index in [0.717, 1.165) is 0 Å². The molecule has 0 spiro atoms. The summed E-state index contributed by atoms with van der Waals surface area (Å²) in [4.78, 5) is 11.5. The lowest BCUT2D eigenvalue weighted by Crippen LogP contribution is -2.36. The average Bonchev–Trinajstić information content (AvgIpc) is 2.39. The minimum atomic E-state index is -1.79. The number of ether oxygens (including phenoxy) is 2. The van der Waals surface area contributed by atoms with Gasteiger partial charge in [0.2, 0.25) is 11.6 Å². The first-order valence-electron chi connectivity index (χ1n) is 4.56. The van der Waals surface area contributed by atoms with Crippen LogP contribution in [0.25, 0.3) is 0 Å². The SMILES string of the molecule is COC1(O)C=CCC2=C1C(=O)OC2(C)O. The third-order valence-corrected chi connectivity index (χ3v) is 2.69. The maximum atomic E-state index is 11.5. The fourth-order valence-electron chi connectivity index (χ4n) is 1.89. The molecule has 0 radical (unpaired) electrons. The number of esters is 1. The topological polar surface area (TPSA) is 76.0 Å². The van der Waals surface area contributed by atoms with E-state index in [1.807, 2.05) is 0 Å². The van der Waals surface area contributed by atoms with Crippen LogP contribution in [0.3, 0.4) is 0 Å². The predicted octanol–water partition coefficient (Wildman–Crippen LogP) is -0.157. The highest BCUT2D eigenvalue weighted by Crippen LogP contribution is 2.41. The second-order valence-electron chi connectivity index (χ2n) is 3.73. The molecule has 0 aromatic carbocycles. The smallest absolute Gasteiger partial charge is 0.342 e. The summed E-state index contributed by atoms with van der Waals surface area (Å²) in [6, 6.07) is 0. The van der Waals surface area contributed by atoms with E-state index in [1.165, 1.54) is 20.1 Å². The molecule has 2 unspecified atom stereocenters. The monoisotopic (exact) mass is 212 g/mol. The zero-order valence-electron chi connectivity index (χ0n) is 8.48. The maximum absolute atomic E-state index is 11.5. The van der Waals surface area contributed by atoms with Crippen LogP contribution in [0.5, 0.6) is 0 Å². The van der Waals surface area contributed by atoms with E-state index in [0.29, 0.717) is 12.0 Å². The van der Waals surface area contributed by atoms with Gasteiger partial charge < -0.3 is 19.7 Å². The van der Waals surface area contributed by atoms with E-state index < -0.39 is 17.5 Å². The van der Waals surface area contributed by atoms with Crippen LogP contribution in [-0.4, -0.2) is 34.9 Å². The van der Waals surface area contributed by atoms with Crippen LogP contribution in [0.1, 0.15) is 13.3 Å². The highest BCUT2D eigenvalue weighted by Gasteiger charge is 2.51. The molecule has 2 rings (SSSR count). The zero-order valence-corrected chi connectivity index (χ0v) is 8.48. The molecule has 1 aliphatic heterocycles. The average molecular weight is 212 g/mol. The standard InChI is InChI=1S/C10H12O5/c1-9(12)6-4-3-5-10(13,14-2)7(6)8(11)15-9/h3,5,12-13H,4H2,1-2H3. The van der Waals surface area contributed by atoms with Crippen molar-refractivity contribution in [1.29, 1.82) is 0 Å². The van der Waals surface area contributed by atoms with Gasteiger partial charge in [-0.05, 0) is 12.5 Å². The van der Waals surface area contributed by atoms with Gasteiger partial charge in [0.05, 0.1) is 0 Å². The van der Waals surface area contributed by atoms with Crippen LogP contribution < -0.4 is 0 Å². The molecule has 1 aliphatic carbocycles. The van der Waals surface area contributed by atoms with E-state index in [4.69, 9.17) is 9.47 Å². The molecule has 15 heavy (non-hydrogen) atoms. The number of methoxy groups -OCH3 is 1. The van der Waals surface area contributed by atoms with Gasteiger partial charge in [-0.1, -0.05) is 6.08 Å². The summed E-state index contributed by atoms with van der Waals surface area (Å²) >= 11 is 0. The Kier molecular flexibility index (Phi) is 2.01. The number of allylic oxidation sites excluding steroid dienone is 1. The Balaban J connectivity index is 2.55. The third-order valence-electron chi connectivity index (χ3n) is 2.69. The summed E-state index contributed by atoms with van der Waals surface area (Å²) in [6.07, 6.45) is 3.35. The van der Waals surface area contributed by atoms with Crippen molar-refractivity contribution in [2.24, 2.45) is 0 Å². The van der Waals surface area contributed by atoms with Crippen molar-refractivity contribution in [2.75, 3.05) is 7.11 Å². The lowest BCUT2D eigenvalue weighted by atomic mass is 9.90. The van der Waals surface area contributed by atoms with Crippen molar-refractivity contribution in [2.45, 2.75) is 24.9 Å². The van der Waals surface area contributed by atoms with Crippen LogP contribution in [0, 0.1) is 0 Å². The highest BCUT2D eigenvalue weighted by molar-refractivity contribution is 5.95. The molecular formula is C10H12O5. The summed E-state index contributed by atoms with van der Waals surface area (Å²) in [5.74, 6) is -4.18. The molecular weight excluding hydrogens is 200 g/mol. The Bertz CT molecular complexity index is 379. The number of carbonyl (C=O) groups is 1. The molecule has 5 heteroatoms. The minimum Gasteiger partial charge on any atom is -0.426 e. The quantitative estimate of drug-likeness (QED) is 0.359. The van der Waals surface area contributed by atoms with E-state index >= 15 is 0 Å². The summed E-state index contributed by atoms with van der Waals surface area (Å²) in [5, 5.41) is 19.8. The van der Waals surface area contributed by atoms with Crippen molar-refractivity contribution >= 4 is 5.97 Å². The van der Waals surface area contributed by atoms with Crippen LogP contribution in [0.4, 0.5) is 0 Å². The Labute approximate surface area is 86.6 Å². The maximum Gasteiger partial charge on any atom is 0.342 e. The van der Waals surface area contributed by atoms with Crippen LogP contribution in [-0.2, 0) is 14.3 Å². The van der Waals surface area contributed by atoms with Gasteiger partial charge in [-0.3, -0.25) is 0 Å². The number of hydrogen-bond donors (Lipinski definition) is 2. The molecule has 5 nitrogen and oxygen atoms in total. The number of aliphatic hydroxyl groups is 2. The lowest BCUT2D eigenvalue weighted by Gasteiger charge is -2.27. The Hall–Kier alpha value is -1.17. The number of carbonyl (C=O) groups excluding carboxylic acids is 1. The van der Waals surface area contributed by atoms with E-state index in [-0.39, 0.29) is 5.57 Å². The van der Waals surface area contributed by atoms with Gasteiger partial charge in [-0.25, -0.2) is 4.79 Å². The van der Waals surface area contributed by atoms with Crippen LogP contribution in [0.15, 0.2) is 23.3 Å². The van der Waals surface area contributed by atoms with Gasteiger partial charge in [0.25, 0.3) is 0 Å². The molecule has 0 fully saturated rings. The Morgan fingerprint density at radius 1 is 1.53 bits per heavy atom. The third kappa shape index (κ3) is 1.31. The van der Waals surface area contributed by atoms with Crippen molar-refractivity contribution in [3.63, 3.8) is 0 Å². The Morgan fingerprint density at radius 2 is 2.20 bits per heavy atom.